The number of carbonyl (C=O) groups is 2. The molecule has 4 nitrogen and oxygen atoms in total. The van der Waals surface area contributed by atoms with Gasteiger partial charge in [-0.25, -0.2) is 0 Å². The predicted octanol–water partition coefficient (Wildman–Crippen LogP) is 3.85. The Hall–Kier alpha value is -1.84. The lowest BCUT2D eigenvalue weighted by Crippen LogP contribution is -2.51. The predicted molar refractivity (Wildman–Crippen MR) is 97.3 cm³/mol. The maximum atomic E-state index is 12.9. The second-order valence-corrected chi connectivity index (χ2v) is 8.54. The highest BCUT2D eigenvalue weighted by atomic mass is 16.4. The van der Waals surface area contributed by atoms with E-state index in [0.29, 0.717) is 25.9 Å². The number of amides is 1. The molecule has 1 heterocycles. The molecule has 1 N–H and O–H groups in total. The summed E-state index contributed by atoms with van der Waals surface area (Å²) in [6, 6.07) is 9.48. The van der Waals surface area contributed by atoms with Crippen LogP contribution in [-0.2, 0) is 15.0 Å². The third-order valence-corrected chi connectivity index (χ3v) is 6.22. The summed E-state index contributed by atoms with van der Waals surface area (Å²) in [5.41, 5.74) is 0.237. The Labute approximate surface area is 150 Å². The lowest BCUT2D eigenvalue weighted by atomic mass is 9.70. The number of piperidine rings is 1. The molecule has 0 bridgehead atoms. The minimum atomic E-state index is -0.857. The largest absolute Gasteiger partial charge is 0.481 e. The van der Waals surface area contributed by atoms with Gasteiger partial charge in [0.2, 0.25) is 5.91 Å². The summed E-state index contributed by atoms with van der Waals surface area (Å²) >= 11 is 0. The van der Waals surface area contributed by atoms with Gasteiger partial charge in [-0.15, -0.1) is 0 Å². The number of aliphatic carboxylic acids is 1. The molecule has 2 aliphatic rings. The van der Waals surface area contributed by atoms with Crippen molar-refractivity contribution in [3.05, 3.63) is 35.9 Å². The maximum Gasteiger partial charge on any atom is 0.314 e. The van der Waals surface area contributed by atoms with Crippen molar-refractivity contribution in [2.45, 2.75) is 57.8 Å². The molecule has 1 saturated heterocycles. The monoisotopic (exact) mass is 343 g/mol. The van der Waals surface area contributed by atoms with Crippen LogP contribution in [0.1, 0.15) is 57.9 Å². The molecule has 3 rings (SSSR count). The van der Waals surface area contributed by atoms with Gasteiger partial charge in [-0.1, -0.05) is 50.6 Å². The summed E-state index contributed by atoms with van der Waals surface area (Å²) in [6.07, 6.45) is 5.21. The number of hydrogen-bond acceptors (Lipinski definition) is 2. The summed E-state index contributed by atoms with van der Waals surface area (Å²) in [7, 11) is 0. The highest BCUT2D eigenvalue weighted by Crippen LogP contribution is 2.41. The van der Waals surface area contributed by atoms with Crippen molar-refractivity contribution in [2.75, 3.05) is 13.1 Å². The van der Waals surface area contributed by atoms with E-state index in [1.807, 2.05) is 35.2 Å². The molecule has 1 aliphatic heterocycles. The number of carboxylic acids is 1. The van der Waals surface area contributed by atoms with Gasteiger partial charge in [-0.05, 0) is 43.1 Å². The van der Waals surface area contributed by atoms with Crippen LogP contribution in [0.3, 0.4) is 0 Å². The molecule has 1 aliphatic carbocycles. The van der Waals surface area contributed by atoms with Crippen molar-refractivity contribution in [3.63, 3.8) is 0 Å². The average Bonchev–Trinajstić information content (AvgIpc) is 2.61. The lowest BCUT2D eigenvalue weighted by molar-refractivity contribution is -0.149. The van der Waals surface area contributed by atoms with Crippen molar-refractivity contribution >= 4 is 11.9 Å². The fourth-order valence-corrected chi connectivity index (χ4v) is 4.66. The minimum Gasteiger partial charge on any atom is -0.481 e. The summed E-state index contributed by atoms with van der Waals surface area (Å²) in [6.45, 7) is 5.56. The van der Waals surface area contributed by atoms with E-state index in [1.54, 1.807) is 0 Å². The van der Waals surface area contributed by atoms with E-state index in [4.69, 9.17) is 0 Å². The van der Waals surface area contributed by atoms with Crippen LogP contribution in [0.2, 0.25) is 0 Å². The van der Waals surface area contributed by atoms with E-state index in [1.165, 1.54) is 6.42 Å². The lowest BCUT2D eigenvalue weighted by Gasteiger charge is -2.42. The SMILES string of the molecule is CC1(C)CCCC(C(=O)N2CCC(C(=O)O)(c3ccccc3)CC2)C1. The summed E-state index contributed by atoms with van der Waals surface area (Å²) in [4.78, 5) is 26.9. The molecule has 0 aromatic heterocycles. The number of carbonyl (C=O) groups excluding carboxylic acids is 1. The first-order valence-electron chi connectivity index (χ1n) is 9.42. The Balaban J connectivity index is 1.70. The molecular formula is C21H29NO3. The van der Waals surface area contributed by atoms with Gasteiger partial charge in [0.1, 0.15) is 0 Å². The van der Waals surface area contributed by atoms with Crippen LogP contribution in [0.5, 0.6) is 0 Å². The van der Waals surface area contributed by atoms with Gasteiger partial charge < -0.3 is 10.0 Å². The Morgan fingerprint density at radius 3 is 2.28 bits per heavy atom. The normalized spacial score (nSPS) is 25.4. The van der Waals surface area contributed by atoms with E-state index in [2.05, 4.69) is 13.8 Å². The molecule has 1 aromatic carbocycles. The van der Waals surface area contributed by atoms with E-state index in [0.717, 1.165) is 24.8 Å². The van der Waals surface area contributed by atoms with E-state index in [9.17, 15) is 14.7 Å². The molecule has 2 fully saturated rings. The topological polar surface area (TPSA) is 57.6 Å². The van der Waals surface area contributed by atoms with Gasteiger partial charge in [-0.2, -0.15) is 0 Å². The Bertz CT molecular complexity index is 630. The molecule has 0 radical (unpaired) electrons. The number of benzene rings is 1. The first-order valence-corrected chi connectivity index (χ1v) is 9.42. The van der Waals surface area contributed by atoms with E-state index < -0.39 is 11.4 Å². The Kier molecular flexibility index (Phi) is 4.90. The standard InChI is InChI=1S/C21H29NO3/c1-20(2)10-6-7-16(15-20)18(23)22-13-11-21(12-14-22,19(24)25)17-8-4-3-5-9-17/h3-5,8-9,16H,6-7,10-15H2,1-2H3,(H,24,25). The number of nitrogens with zero attached hydrogens (tertiary/aromatic N) is 1. The Morgan fingerprint density at radius 2 is 1.72 bits per heavy atom. The zero-order valence-electron chi connectivity index (χ0n) is 15.3. The molecule has 1 aromatic rings. The maximum absolute atomic E-state index is 12.9. The van der Waals surface area contributed by atoms with Crippen LogP contribution < -0.4 is 0 Å². The second kappa shape index (κ2) is 6.81. The van der Waals surface area contributed by atoms with Gasteiger partial charge in [0, 0.05) is 19.0 Å². The minimum absolute atomic E-state index is 0.109. The van der Waals surface area contributed by atoms with Gasteiger partial charge >= 0.3 is 5.97 Å². The highest BCUT2D eigenvalue weighted by Gasteiger charge is 2.45. The number of hydrogen-bond donors (Lipinski definition) is 1. The van der Waals surface area contributed by atoms with Crippen LogP contribution in [0.15, 0.2) is 30.3 Å². The third-order valence-electron chi connectivity index (χ3n) is 6.22. The molecule has 1 unspecified atom stereocenters. The fourth-order valence-electron chi connectivity index (χ4n) is 4.66. The average molecular weight is 343 g/mol. The number of likely N-dealkylation sites (tertiary alicyclic amines) is 1. The summed E-state index contributed by atoms with van der Waals surface area (Å²) in [5.74, 6) is -0.428. The quantitative estimate of drug-likeness (QED) is 0.907. The van der Waals surface area contributed by atoms with Gasteiger partial charge in [-0.3, -0.25) is 9.59 Å². The molecule has 136 valence electrons. The molecular weight excluding hydrogens is 314 g/mol. The van der Waals surface area contributed by atoms with Crippen molar-refractivity contribution in [1.29, 1.82) is 0 Å². The summed E-state index contributed by atoms with van der Waals surface area (Å²) in [5, 5.41) is 9.88. The van der Waals surface area contributed by atoms with E-state index >= 15 is 0 Å². The Morgan fingerprint density at radius 1 is 1.08 bits per heavy atom. The molecule has 0 spiro atoms. The third kappa shape index (κ3) is 3.58. The van der Waals surface area contributed by atoms with Crippen LogP contribution in [0.4, 0.5) is 0 Å². The van der Waals surface area contributed by atoms with Gasteiger partial charge in [0.05, 0.1) is 5.41 Å². The van der Waals surface area contributed by atoms with Crippen molar-refractivity contribution in [3.8, 4) is 0 Å². The van der Waals surface area contributed by atoms with Gasteiger partial charge in [0.15, 0.2) is 0 Å². The molecule has 4 heteroatoms. The van der Waals surface area contributed by atoms with Crippen LogP contribution in [-0.4, -0.2) is 35.0 Å². The zero-order valence-corrected chi connectivity index (χ0v) is 15.3. The van der Waals surface area contributed by atoms with Gasteiger partial charge in [0.25, 0.3) is 0 Å². The van der Waals surface area contributed by atoms with Crippen LogP contribution >= 0.6 is 0 Å². The molecule has 1 saturated carbocycles. The summed E-state index contributed by atoms with van der Waals surface area (Å²) < 4.78 is 0. The zero-order chi connectivity index (χ0) is 18.1. The van der Waals surface area contributed by atoms with Crippen LogP contribution in [0.25, 0.3) is 0 Å². The molecule has 1 atom stereocenters. The van der Waals surface area contributed by atoms with E-state index in [-0.39, 0.29) is 17.2 Å². The van der Waals surface area contributed by atoms with Crippen LogP contribution in [0, 0.1) is 11.3 Å². The second-order valence-electron chi connectivity index (χ2n) is 8.54. The fraction of sp³-hybridized carbons (Fsp3) is 0.619. The molecule has 25 heavy (non-hydrogen) atoms. The van der Waals surface area contributed by atoms with Crippen molar-refractivity contribution < 1.29 is 14.7 Å². The number of carboxylic acid groups (broad SMARTS) is 1. The smallest absolute Gasteiger partial charge is 0.314 e. The first kappa shape index (κ1) is 18.0. The highest BCUT2D eigenvalue weighted by molar-refractivity contribution is 5.83. The molecule has 1 amide bonds. The van der Waals surface area contributed by atoms with Crippen molar-refractivity contribution in [2.24, 2.45) is 11.3 Å². The van der Waals surface area contributed by atoms with Crippen molar-refractivity contribution in [1.82, 2.24) is 4.90 Å². The first-order chi connectivity index (χ1) is 11.8. The number of rotatable bonds is 3.